The smallest absolute Gasteiger partial charge is 0.219 e. The number of allylic oxidation sites excluding steroid dienone is 4. The van der Waals surface area contributed by atoms with Gasteiger partial charge in [0.2, 0.25) is 5.91 Å². The molecule has 1 amide bonds. The number of nitrogens with two attached hydrogens (primary N) is 1. The zero-order chi connectivity index (χ0) is 17.7. The molecule has 0 rings (SSSR count). The van der Waals surface area contributed by atoms with Crippen LogP contribution < -0.4 is 11.1 Å². The molecule has 0 fully saturated rings. The molecule has 140 valence electrons. The zero-order valence-corrected chi connectivity index (χ0v) is 15.9. The molecule has 0 aromatic rings. The molecule has 0 heterocycles. The van der Waals surface area contributed by atoms with E-state index in [-0.39, 0.29) is 5.91 Å². The largest absolute Gasteiger partial charge is 0.356 e. The molecule has 3 N–H and O–H groups in total. The van der Waals surface area contributed by atoms with Gasteiger partial charge in [-0.05, 0) is 51.5 Å². The topological polar surface area (TPSA) is 55.1 Å². The van der Waals surface area contributed by atoms with Crippen LogP contribution in [0.4, 0.5) is 0 Å². The average Bonchev–Trinajstić information content (AvgIpc) is 2.59. The van der Waals surface area contributed by atoms with Gasteiger partial charge >= 0.3 is 0 Å². The van der Waals surface area contributed by atoms with E-state index < -0.39 is 0 Å². The van der Waals surface area contributed by atoms with Crippen LogP contribution in [0.25, 0.3) is 0 Å². The summed E-state index contributed by atoms with van der Waals surface area (Å²) < 4.78 is 0. The first-order valence-corrected chi connectivity index (χ1v) is 10.1. The number of carbonyl (C=O) groups excluding carboxylic acids is 1. The molecule has 0 bridgehead atoms. The second-order valence-corrected chi connectivity index (χ2v) is 6.47. The Balaban J connectivity index is 3.24. The fourth-order valence-electron chi connectivity index (χ4n) is 2.49. The maximum absolute atomic E-state index is 11.6. The summed E-state index contributed by atoms with van der Waals surface area (Å²) in [6.07, 6.45) is 23.8. The lowest BCUT2D eigenvalue weighted by molar-refractivity contribution is -0.121. The van der Waals surface area contributed by atoms with Crippen LogP contribution >= 0.6 is 0 Å². The molecule has 0 spiro atoms. The van der Waals surface area contributed by atoms with Gasteiger partial charge in [0.15, 0.2) is 0 Å². The third kappa shape index (κ3) is 19.0. The summed E-state index contributed by atoms with van der Waals surface area (Å²) in [5.41, 5.74) is 5.42. The maximum atomic E-state index is 11.6. The first-order chi connectivity index (χ1) is 11.8. The average molecular weight is 337 g/mol. The van der Waals surface area contributed by atoms with E-state index in [1.165, 1.54) is 51.4 Å². The standard InChI is InChI=1S/C21H40N2O/c1-2-3-4-5-6-7-8-9-10-11-12-13-14-15-18-21(24)23-20-17-16-19-22/h5-6,8-9H,2-4,7,10-20,22H2,1H3,(H,23,24)/b6-5-,9-8-. The highest BCUT2D eigenvalue weighted by Crippen LogP contribution is 2.08. The predicted molar refractivity (Wildman–Crippen MR) is 106 cm³/mol. The minimum Gasteiger partial charge on any atom is -0.356 e. The first kappa shape index (κ1) is 22.9. The van der Waals surface area contributed by atoms with E-state index in [1.54, 1.807) is 0 Å². The summed E-state index contributed by atoms with van der Waals surface area (Å²) in [4.78, 5) is 11.6. The lowest BCUT2D eigenvalue weighted by Crippen LogP contribution is -2.24. The van der Waals surface area contributed by atoms with Crippen LogP contribution in [0.3, 0.4) is 0 Å². The number of hydrogen-bond donors (Lipinski definition) is 2. The maximum Gasteiger partial charge on any atom is 0.219 e. The normalized spacial score (nSPS) is 11.6. The van der Waals surface area contributed by atoms with Crippen LogP contribution in [0.5, 0.6) is 0 Å². The summed E-state index contributed by atoms with van der Waals surface area (Å²) in [5, 5.41) is 2.95. The molecular weight excluding hydrogens is 296 g/mol. The van der Waals surface area contributed by atoms with Crippen molar-refractivity contribution < 1.29 is 4.79 Å². The fourth-order valence-corrected chi connectivity index (χ4v) is 2.49. The molecule has 0 aromatic carbocycles. The van der Waals surface area contributed by atoms with Crippen LogP contribution in [0.2, 0.25) is 0 Å². The number of rotatable bonds is 17. The van der Waals surface area contributed by atoms with Gasteiger partial charge in [0.1, 0.15) is 0 Å². The SMILES string of the molecule is CCCC/C=C\C/C=C\CCCCCCCC(=O)NCCCCN. The van der Waals surface area contributed by atoms with Gasteiger partial charge in [-0.25, -0.2) is 0 Å². The first-order valence-electron chi connectivity index (χ1n) is 10.1. The van der Waals surface area contributed by atoms with Crippen LogP contribution in [0.1, 0.15) is 90.4 Å². The van der Waals surface area contributed by atoms with E-state index in [2.05, 4.69) is 36.5 Å². The summed E-state index contributed by atoms with van der Waals surface area (Å²) in [6, 6.07) is 0. The van der Waals surface area contributed by atoms with Crippen molar-refractivity contribution >= 4 is 5.91 Å². The van der Waals surface area contributed by atoms with Crippen molar-refractivity contribution in [1.29, 1.82) is 0 Å². The Kier molecular flexibility index (Phi) is 19.0. The van der Waals surface area contributed by atoms with E-state index in [1.807, 2.05) is 0 Å². The van der Waals surface area contributed by atoms with Crippen molar-refractivity contribution in [3.63, 3.8) is 0 Å². The molecule has 24 heavy (non-hydrogen) atoms. The molecule has 0 saturated carbocycles. The van der Waals surface area contributed by atoms with Gasteiger partial charge in [-0.1, -0.05) is 63.3 Å². The van der Waals surface area contributed by atoms with Gasteiger partial charge in [-0.15, -0.1) is 0 Å². The molecule has 0 aliphatic rings. The Bertz CT molecular complexity index is 324. The minimum absolute atomic E-state index is 0.196. The highest BCUT2D eigenvalue weighted by Gasteiger charge is 1.99. The lowest BCUT2D eigenvalue weighted by atomic mass is 10.1. The number of unbranched alkanes of at least 4 members (excludes halogenated alkanes) is 8. The van der Waals surface area contributed by atoms with Crippen LogP contribution in [0.15, 0.2) is 24.3 Å². The van der Waals surface area contributed by atoms with Crippen molar-refractivity contribution in [1.82, 2.24) is 5.32 Å². The van der Waals surface area contributed by atoms with E-state index >= 15 is 0 Å². The van der Waals surface area contributed by atoms with Crippen molar-refractivity contribution in [3.8, 4) is 0 Å². The molecular formula is C21H40N2O. The van der Waals surface area contributed by atoms with Crippen molar-refractivity contribution in [2.75, 3.05) is 13.1 Å². The van der Waals surface area contributed by atoms with Crippen molar-refractivity contribution in [2.45, 2.75) is 90.4 Å². The second kappa shape index (κ2) is 20.0. The Labute approximate surface area is 150 Å². The van der Waals surface area contributed by atoms with E-state index in [4.69, 9.17) is 5.73 Å². The van der Waals surface area contributed by atoms with Gasteiger partial charge in [0, 0.05) is 13.0 Å². The summed E-state index contributed by atoms with van der Waals surface area (Å²) in [5.74, 6) is 0.196. The van der Waals surface area contributed by atoms with Gasteiger partial charge in [-0.3, -0.25) is 4.79 Å². The number of carbonyl (C=O) groups is 1. The summed E-state index contributed by atoms with van der Waals surface area (Å²) >= 11 is 0. The minimum atomic E-state index is 0.196. The lowest BCUT2D eigenvalue weighted by Gasteiger charge is -2.04. The summed E-state index contributed by atoms with van der Waals surface area (Å²) in [7, 11) is 0. The van der Waals surface area contributed by atoms with Gasteiger partial charge < -0.3 is 11.1 Å². The second-order valence-electron chi connectivity index (χ2n) is 6.47. The third-order valence-corrected chi connectivity index (χ3v) is 4.06. The van der Waals surface area contributed by atoms with E-state index in [9.17, 15) is 4.79 Å². The van der Waals surface area contributed by atoms with Gasteiger partial charge in [0.05, 0.1) is 0 Å². The van der Waals surface area contributed by atoms with Crippen LogP contribution in [0, 0.1) is 0 Å². The Morgan fingerprint density at radius 1 is 0.833 bits per heavy atom. The number of nitrogens with one attached hydrogen (secondary N) is 1. The van der Waals surface area contributed by atoms with E-state index in [0.29, 0.717) is 13.0 Å². The molecule has 0 aromatic heterocycles. The van der Waals surface area contributed by atoms with Crippen molar-refractivity contribution in [3.05, 3.63) is 24.3 Å². The highest BCUT2D eigenvalue weighted by molar-refractivity contribution is 5.75. The molecule has 0 atom stereocenters. The molecule has 0 unspecified atom stereocenters. The Hall–Kier alpha value is -1.09. The molecule has 0 aliphatic carbocycles. The van der Waals surface area contributed by atoms with E-state index in [0.717, 1.165) is 32.2 Å². The monoisotopic (exact) mass is 336 g/mol. The van der Waals surface area contributed by atoms with Gasteiger partial charge in [0.25, 0.3) is 0 Å². The van der Waals surface area contributed by atoms with Crippen LogP contribution in [-0.2, 0) is 4.79 Å². The molecule has 0 radical (unpaired) electrons. The number of amides is 1. The molecule has 0 aliphatic heterocycles. The third-order valence-electron chi connectivity index (χ3n) is 4.06. The quantitative estimate of drug-likeness (QED) is 0.281. The van der Waals surface area contributed by atoms with Crippen molar-refractivity contribution in [2.24, 2.45) is 5.73 Å². The number of hydrogen-bond acceptors (Lipinski definition) is 2. The zero-order valence-electron chi connectivity index (χ0n) is 15.9. The fraction of sp³-hybridized carbons (Fsp3) is 0.762. The highest BCUT2D eigenvalue weighted by atomic mass is 16.1. The Morgan fingerprint density at radius 3 is 2.21 bits per heavy atom. The molecule has 3 heteroatoms. The van der Waals surface area contributed by atoms with Crippen LogP contribution in [-0.4, -0.2) is 19.0 Å². The summed E-state index contributed by atoms with van der Waals surface area (Å²) in [6.45, 7) is 3.71. The Morgan fingerprint density at radius 2 is 1.50 bits per heavy atom. The molecule has 3 nitrogen and oxygen atoms in total. The predicted octanol–water partition coefficient (Wildman–Crippen LogP) is 5.26. The molecule has 0 saturated heterocycles. The van der Waals surface area contributed by atoms with Gasteiger partial charge in [-0.2, -0.15) is 0 Å².